The molecule has 1 heterocycles. The minimum absolute atomic E-state index is 0.514. The fraction of sp³-hybridized carbons (Fsp3) is 0.231. The molecule has 0 saturated heterocycles. The van der Waals surface area contributed by atoms with E-state index in [2.05, 4.69) is 23.0 Å². The number of benzene rings is 1. The van der Waals surface area contributed by atoms with Crippen LogP contribution < -0.4 is 5.73 Å². The van der Waals surface area contributed by atoms with E-state index in [1.165, 1.54) is 4.90 Å². The van der Waals surface area contributed by atoms with E-state index in [1.807, 2.05) is 24.5 Å². The van der Waals surface area contributed by atoms with Gasteiger partial charge in [0.25, 0.3) is 0 Å². The highest BCUT2D eigenvalue weighted by Gasteiger charge is 2.09. The van der Waals surface area contributed by atoms with Crippen LogP contribution in [0.1, 0.15) is 6.92 Å². The fourth-order valence-electron chi connectivity index (χ4n) is 1.60. The molecule has 2 N–H and O–H groups in total. The van der Waals surface area contributed by atoms with Crippen molar-refractivity contribution in [3.63, 3.8) is 0 Å². The lowest BCUT2D eigenvalue weighted by Gasteiger charge is -2.08. The molecule has 0 aliphatic heterocycles. The maximum absolute atomic E-state index is 5.83. The molecule has 18 heavy (non-hydrogen) atoms. The van der Waals surface area contributed by atoms with Crippen LogP contribution in [0.15, 0.2) is 40.3 Å². The van der Waals surface area contributed by atoms with Gasteiger partial charge in [-0.15, -0.1) is 23.5 Å². The molecule has 0 aliphatic carbocycles. The lowest BCUT2D eigenvalue weighted by molar-refractivity contribution is 1.06. The van der Waals surface area contributed by atoms with Crippen molar-refractivity contribution in [1.82, 2.24) is 9.97 Å². The van der Waals surface area contributed by atoms with E-state index in [0.717, 1.165) is 16.3 Å². The Kier molecular flexibility index (Phi) is 4.49. The summed E-state index contributed by atoms with van der Waals surface area (Å²) in [6.45, 7) is 2.13. The minimum atomic E-state index is 0.514. The number of nitrogens with zero attached hydrogens (tertiary/aromatic N) is 2. The van der Waals surface area contributed by atoms with Crippen LogP contribution in [0.3, 0.4) is 0 Å². The lowest BCUT2D eigenvalue weighted by atomic mass is 10.2. The van der Waals surface area contributed by atoms with Gasteiger partial charge >= 0.3 is 0 Å². The molecular weight excluding hydrogens is 262 g/mol. The van der Waals surface area contributed by atoms with Gasteiger partial charge in [-0.25, -0.2) is 9.97 Å². The Morgan fingerprint density at radius 3 is 2.72 bits per heavy atom. The molecule has 0 atom stereocenters. The van der Waals surface area contributed by atoms with E-state index < -0.39 is 0 Å². The second-order valence-corrected chi connectivity index (χ2v) is 5.72. The molecule has 3 nitrogen and oxygen atoms in total. The molecule has 0 aliphatic rings. The average Bonchev–Trinajstić information content (AvgIpc) is 2.39. The van der Waals surface area contributed by atoms with Crippen LogP contribution in [0.2, 0.25) is 0 Å². The zero-order valence-corrected chi connectivity index (χ0v) is 12.0. The summed E-state index contributed by atoms with van der Waals surface area (Å²) in [5, 5.41) is 0.897. The first-order valence-electron chi connectivity index (χ1n) is 5.65. The summed E-state index contributed by atoms with van der Waals surface area (Å²) in [6, 6.07) is 9.96. The summed E-state index contributed by atoms with van der Waals surface area (Å²) < 4.78 is 0. The molecular formula is C13H15N3S2. The molecule has 2 rings (SSSR count). The lowest BCUT2D eigenvalue weighted by Crippen LogP contribution is -1.98. The highest BCUT2D eigenvalue weighted by atomic mass is 32.2. The third kappa shape index (κ3) is 2.97. The Hall–Kier alpha value is -1.20. The molecule has 0 spiro atoms. The Morgan fingerprint density at radius 2 is 2.00 bits per heavy atom. The summed E-state index contributed by atoms with van der Waals surface area (Å²) in [7, 11) is 0. The summed E-state index contributed by atoms with van der Waals surface area (Å²) in [4.78, 5) is 10.1. The zero-order valence-electron chi connectivity index (χ0n) is 10.4. The van der Waals surface area contributed by atoms with Gasteiger partial charge < -0.3 is 5.73 Å². The Morgan fingerprint density at radius 1 is 1.22 bits per heavy atom. The van der Waals surface area contributed by atoms with Crippen molar-refractivity contribution in [3.8, 4) is 11.4 Å². The van der Waals surface area contributed by atoms with Gasteiger partial charge in [0.2, 0.25) is 0 Å². The Bertz CT molecular complexity index is 544. The van der Waals surface area contributed by atoms with Gasteiger partial charge in [0.1, 0.15) is 10.8 Å². The largest absolute Gasteiger partial charge is 0.384 e. The molecule has 0 fully saturated rings. The molecule has 0 radical (unpaired) electrons. The van der Waals surface area contributed by atoms with Gasteiger partial charge in [0.05, 0.1) is 0 Å². The van der Waals surface area contributed by atoms with Crippen molar-refractivity contribution in [2.75, 3.05) is 17.7 Å². The monoisotopic (exact) mass is 277 g/mol. The molecule has 94 valence electrons. The molecule has 1 aromatic heterocycles. The van der Waals surface area contributed by atoms with Crippen LogP contribution >= 0.6 is 23.5 Å². The highest BCUT2D eigenvalue weighted by Crippen LogP contribution is 2.30. The summed E-state index contributed by atoms with van der Waals surface area (Å²) in [5.41, 5.74) is 6.87. The van der Waals surface area contributed by atoms with Gasteiger partial charge in [-0.3, -0.25) is 0 Å². The van der Waals surface area contributed by atoms with E-state index >= 15 is 0 Å². The summed E-state index contributed by atoms with van der Waals surface area (Å²) in [6.07, 6.45) is 1.98. The Balaban J connectivity index is 2.50. The van der Waals surface area contributed by atoms with Crippen LogP contribution in [0.5, 0.6) is 0 Å². The SMILES string of the molecule is CCSc1ccccc1-c1nc(N)cc(SC)n1. The van der Waals surface area contributed by atoms with Crippen molar-refractivity contribution in [3.05, 3.63) is 30.3 Å². The van der Waals surface area contributed by atoms with Crippen LogP contribution in [0.25, 0.3) is 11.4 Å². The predicted molar refractivity (Wildman–Crippen MR) is 80.1 cm³/mol. The third-order valence-corrected chi connectivity index (χ3v) is 3.94. The molecule has 0 bridgehead atoms. The van der Waals surface area contributed by atoms with Crippen molar-refractivity contribution in [2.45, 2.75) is 16.8 Å². The van der Waals surface area contributed by atoms with Crippen LogP contribution in [-0.4, -0.2) is 22.0 Å². The molecule has 5 heteroatoms. The van der Waals surface area contributed by atoms with Crippen molar-refractivity contribution >= 4 is 29.3 Å². The highest BCUT2D eigenvalue weighted by molar-refractivity contribution is 7.99. The number of hydrogen-bond acceptors (Lipinski definition) is 5. The summed E-state index contributed by atoms with van der Waals surface area (Å²) in [5.74, 6) is 2.24. The zero-order chi connectivity index (χ0) is 13.0. The number of aromatic nitrogens is 2. The van der Waals surface area contributed by atoms with Gasteiger partial charge in [-0.2, -0.15) is 0 Å². The molecule has 0 amide bonds. The Labute approximate surface area is 116 Å². The number of hydrogen-bond donors (Lipinski definition) is 1. The normalized spacial score (nSPS) is 10.6. The number of thioether (sulfide) groups is 2. The maximum atomic E-state index is 5.83. The first kappa shape index (κ1) is 13.2. The molecule has 0 saturated carbocycles. The second-order valence-electron chi connectivity index (χ2n) is 3.59. The molecule has 1 aromatic carbocycles. The van der Waals surface area contributed by atoms with Crippen LogP contribution in [0, 0.1) is 0 Å². The number of nitrogen functional groups attached to an aromatic ring is 1. The predicted octanol–water partition coefficient (Wildman–Crippen LogP) is 3.56. The van der Waals surface area contributed by atoms with Crippen molar-refractivity contribution in [1.29, 1.82) is 0 Å². The van der Waals surface area contributed by atoms with Gasteiger partial charge in [0, 0.05) is 16.5 Å². The van der Waals surface area contributed by atoms with E-state index in [9.17, 15) is 0 Å². The molecule has 0 unspecified atom stereocenters. The minimum Gasteiger partial charge on any atom is -0.384 e. The first-order valence-corrected chi connectivity index (χ1v) is 7.86. The van der Waals surface area contributed by atoms with Crippen LogP contribution in [-0.2, 0) is 0 Å². The topological polar surface area (TPSA) is 51.8 Å². The maximum Gasteiger partial charge on any atom is 0.163 e. The van der Waals surface area contributed by atoms with E-state index in [4.69, 9.17) is 5.73 Å². The van der Waals surface area contributed by atoms with E-state index in [-0.39, 0.29) is 0 Å². The number of rotatable bonds is 4. The number of anilines is 1. The quantitative estimate of drug-likeness (QED) is 0.684. The summed E-state index contributed by atoms with van der Waals surface area (Å²) >= 11 is 3.36. The van der Waals surface area contributed by atoms with Gasteiger partial charge in [-0.1, -0.05) is 25.1 Å². The van der Waals surface area contributed by atoms with Crippen molar-refractivity contribution < 1.29 is 0 Å². The van der Waals surface area contributed by atoms with E-state index in [1.54, 1.807) is 29.6 Å². The fourth-order valence-corrected chi connectivity index (χ4v) is 2.82. The van der Waals surface area contributed by atoms with Crippen LogP contribution in [0.4, 0.5) is 5.82 Å². The average molecular weight is 277 g/mol. The van der Waals surface area contributed by atoms with Crippen molar-refractivity contribution in [2.24, 2.45) is 0 Å². The number of nitrogens with two attached hydrogens (primary N) is 1. The van der Waals surface area contributed by atoms with Gasteiger partial charge in [0.15, 0.2) is 5.82 Å². The molecule has 2 aromatic rings. The third-order valence-electron chi connectivity index (χ3n) is 2.36. The van der Waals surface area contributed by atoms with E-state index in [0.29, 0.717) is 11.6 Å². The first-order chi connectivity index (χ1) is 8.74. The van der Waals surface area contributed by atoms with Gasteiger partial charge in [-0.05, 0) is 18.1 Å². The smallest absolute Gasteiger partial charge is 0.163 e. The standard InChI is InChI=1S/C13H15N3S2/c1-3-18-10-7-5-4-6-9(10)13-15-11(14)8-12(16-13)17-2/h4-8H,3H2,1-2H3,(H2,14,15,16). The second kappa shape index (κ2) is 6.11.